The van der Waals surface area contributed by atoms with Crippen LogP contribution in [0.1, 0.15) is 5.56 Å². The lowest BCUT2D eigenvalue weighted by Gasteiger charge is -2.14. The number of hydrogen-bond acceptors (Lipinski definition) is 3. The number of para-hydroxylation sites is 2. The van der Waals surface area contributed by atoms with Crippen LogP contribution in [0.5, 0.6) is 0 Å². The minimum Gasteiger partial charge on any atom is -0.331 e. The average Bonchev–Trinajstić information content (AvgIpc) is 2.72. The minimum atomic E-state index is -0.263. The van der Waals surface area contributed by atoms with E-state index in [1.807, 2.05) is 71.3 Å². The number of amides is 1. The van der Waals surface area contributed by atoms with E-state index >= 15 is 0 Å². The molecule has 0 aliphatic heterocycles. The maximum Gasteiger partial charge on any atom is 0.260 e. The van der Waals surface area contributed by atoms with Gasteiger partial charge in [0.15, 0.2) is 5.43 Å². The Labute approximate surface area is 155 Å². The standard InChI is InChI=1S/C22H17N3O2/c26-21(24-23-14-16-8-2-1-3-9-16)15-25-19-12-6-4-10-17(19)22(27)18-11-5-7-13-20(18)25/h1-14H,15H2,(H,24,26)/b23-14-. The van der Waals surface area contributed by atoms with E-state index in [9.17, 15) is 9.59 Å². The van der Waals surface area contributed by atoms with Crippen LogP contribution in [0.25, 0.3) is 21.8 Å². The number of aromatic nitrogens is 1. The van der Waals surface area contributed by atoms with Crippen LogP contribution in [-0.2, 0) is 11.3 Å². The highest BCUT2D eigenvalue weighted by atomic mass is 16.2. The van der Waals surface area contributed by atoms with Crippen molar-refractivity contribution in [3.63, 3.8) is 0 Å². The van der Waals surface area contributed by atoms with Crippen LogP contribution in [0, 0.1) is 0 Å². The van der Waals surface area contributed by atoms with Crippen molar-refractivity contribution in [3.8, 4) is 0 Å². The molecule has 0 unspecified atom stereocenters. The average molecular weight is 355 g/mol. The maximum absolute atomic E-state index is 12.7. The van der Waals surface area contributed by atoms with E-state index in [2.05, 4.69) is 10.5 Å². The summed E-state index contributed by atoms with van der Waals surface area (Å²) in [6, 6.07) is 24.2. The molecule has 1 heterocycles. The van der Waals surface area contributed by atoms with Gasteiger partial charge in [-0.05, 0) is 29.8 Å². The Morgan fingerprint density at radius 2 is 1.41 bits per heavy atom. The molecule has 0 spiro atoms. The highest BCUT2D eigenvalue weighted by Crippen LogP contribution is 2.18. The van der Waals surface area contributed by atoms with Crippen molar-refractivity contribution in [3.05, 3.63) is 94.6 Å². The molecule has 0 atom stereocenters. The molecule has 0 aliphatic carbocycles. The Hall–Kier alpha value is -3.73. The summed E-state index contributed by atoms with van der Waals surface area (Å²) in [6.45, 7) is 0.0629. The van der Waals surface area contributed by atoms with Crippen LogP contribution >= 0.6 is 0 Å². The normalized spacial score (nSPS) is 11.3. The van der Waals surface area contributed by atoms with Gasteiger partial charge in [-0.25, -0.2) is 5.43 Å². The summed E-state index contributed by atoms with van der Waals surface area (Å²) in [5, 5.41) is 5.20. The minimum absolute atomic E-state index is 0.0278. The van der Waals surface area contributed by atoms with Crippen molar-refractivity contribution in [2.24, 2.45) is 5.10 Å². The molecule has 5 heteroatoms. The predicted octanol–water partition coefficient (Wildman–Crippen LogP) is 3.31. The summed E-state index contributed by atoms with van der Waals surface area (Å²) < 4.78 is 1.85. The van der Waals surface area contributed by atoms with E-state index in [1.54, 1.807) is 18.3 Å². The highest BCUT2D eigenvalue weighted by molar-refractivity contribution is 5.95. The first-order valence-electron chi connectivity index (χ1n) is 8.61. The molecule has 1 aromatic heterocycles. The number of hydrogen-bond donors (Lipinski definition) is 1. The zero-order chi connectivity index (χ0) is 18.6. The van der Waals surface area contributed by atoms with Crippen molar-refractivity contribution in [2.45, 2.75) is 6.54 Å². The first-order chi connectivity index (χ1) is 13.2. The van der Waals surface area contributed by atoms with Gasteiger partial charge in [-0.15, -0.1) is 0 Å². The van der Waals surface area contributed by atoms with Gasteiger partial charge in [0, 0.05) is 10.8 Å². The molecule has 4 aromatic rings. The lowest BCUT2D eigenvalue weighted by atomic mass is 10.1. The van der Waals surface area contributed by atoms with Crippen LogP contribution in [0.15, 0.2) is 88.8 Å². The Morgan fingerprint density at radius 1 is 0.852 bits per heavy atom. The second-order valence-electron chi connectivity index (χ2n) is 6.15. The van der Waals surface area contributed by atoms with E-state index in [-0.39, 0.29) is 17.9 Å². The van der Waals surface area contributed by atoms with Crippen LogP contribution in [0.3, 0.4) is 0 Å². The van der Waals surface area contributed by atoms with Gasteiger partial charge >= 0.3 is 0 Å². The molecular weight excluding hydrogens is 338 g/mol. The summed E-state index contributed by atoms with van der Waals surface area (Å²) in [6.07, 6.45) is 1.60. The number of carbonyl (C=O) groups is 1. The van der Waals surface area contributed by atoms with E-state index in [0.717, 1.165) is 16.6 Å². The molecule has 5 nitrogen and oxygen atoms in total. The number of fused-ring (bicyclic) bond motifs is 2. The van der Waals surface area contributed by atoms with Crippen LogP contribution in [0.4, 0.5) is 0 Å². The van der Waals surface area contributed by atoms with E-state index < -0.39 is 0 Å². The first kappa shape index (κ1) is 16.7. The summed E-state index contributed by atoms with van der Waals surface area (Å²) in [7, 11) is 0. The molecule has 0 saturated carbocycles. The third-order valence-corrected chi connectivity index (χ3v) is 4.38. The fourth-order valence-corrected chi connectivity index (χ4v) is 3.14. The SMILES string of the molecule is O=C(Cn1c2ccccc2c(=O)c2ccccc21)N/N=C\c1ccccc1. The van der Waals surface area contributed by atoms with Gasteiger partial charge in [0.1, 0.15) is 6.54 Å². The van der Waals surface area contributed by atoms with Crippen LogP contribution in [-0.4, -0.2) is 16.7 Å². The molecule has 1 N–H and O–H groups in total. The molecule has 132 valence electrons. The molecule has 27 heavy (non-hydrogen) atoms. The molecule has 0 bridgehead atoms. The lowest BCUT2D eigenvalue weighted by molar-refractivity contribution is -0.121. The first-order valence-corrected chi connectivity index (χ1v) is 8.61. The third-order valence-electron chi connectivity index (χ3n) is 4.38. The number of carbonyl (C=O) groups excluding carboxylic acids is 1. The quantitative estimate of drug-likeness (QED) is 0.347. The van der Waals surface area contributed by atoms with Gasteiger partial charge < -0.3 is 4.57 Å². The maximum atomic E-state index is 12.7. The van der Waals surface area contributed by atoms with Crippen molar-refractivity contribution in [2.75, 3.05) is 0 Å². The molecule has 3 aromatic carbocycles. The number of benzene rings is 3. The van der Waals surface area contributed by atoms with Crippen LogP contribution in [0.2, 0.25) is 0 Å². The zero-order valence-corrected chi connectivity index (χ0v) is 14.5. The lowest BCUT2D eigenvalue weighted by Crippen LogP contribution is -2.25. The topological polar surface area (TPSA) is 63.5 Å². The third kappa shape index (κ3) is 3.35. The molecule has 0 aliphatic rings. The Morgan fingerprint density at radius 3 is 2.04 bits per heavy atom. The molecule has 1 amide bonds. The Bertz CT molecular complexity index is 1150. The summed E-state index contributed by atoms with van der Waals surface area (Å²) in [4.78, 5) is 25.2. The van der Waals surface area contributed by atoms with Gasteiger partial charge in [0.05, 0.1) is 17.2 Å². The van der Waals surface area contributed by atoms with Gasteiger partial charge in [0.25, 0.3) is 5.91 Å². The number of pyridine rings is 1. The van der Waals surface area contributed by atoms with Crippen molar-refractivity contribution in [1.82, 2.24) is 9.99 Å². The smallest absolute Gasteiger partial charge is 0.260 e. The second kappa shape index (κ2) is 7.25. The predicted molar refractivity (Wildman–Crippen MR) is 108 cm³/mol. The van der Waals surface area contributed by atoms with Crippen molar-refractivity contribution < 1.29 is 4.79 Å². The molecule has 0 fully saturated rings. The molecule has 0 radical (unpaired) electrons. The Kier molecular flexibility index (Phi) is 4.49. The number of rotatable bonds is 4. The summed E-state index contributed by atoms with van der Waals surface area (Å²) in [5.41, 5.74) is 4.88. The largest absolute Gasteiger partial charge is 0.331 e. The van der Waals surface area contributed by atoms with Gasteiger partial charge in [-0.2, -0.15) is 5.10 Å². The Balaban J connectivity index is 1.68. The highest BCUT2D eigenvalue weighted by Gasteiger charge is 2.12. The monoisotopic (exact) mass is 355 g/mol. The van der Waals surface area contributed by atoms with Crippen molar-refractivity contribution >= 4 is 33.9 Å². The zero-order valence-electron chi connectivity index (χ0n) is 14.5. The van der Waals surface area contributed by atoms with Gasteiger partial charge in [-0.1, -0.05) is 54.6 Å². The molecular formula is C22H17N3O2. The van der Waals surface area contributed by atoms with Gasteiger partial charge in [-0.3, -0.25) is 9.59 Å². The second-order valence-corrected chi connectivity index (χ2v) is 6.15. The number of hydrazone groups is 1. The number of nitrogens with one attached hydrogen (secondary N) is 1. The van der Waals surface area contributed by atoms with Gasteiger partial charge in [0.2, 0.25) is 0 Å². The fraction of sp³-hybridized carbons (Fsp3) is 0.0455. The van der Waals surface area contributed by atoms with Crippen molar-refractivity contribution in [1.29, 1.82) is 0 Å². The molecule has 4 rings (SSSR count). The summed E-state index contributed by atoms with van der Waals surface area (Å²) in [5.74, 6) is -0.263. The fourth-order valence-electron chi connectivity index (χ4n) is 3.14. The number of nitrogens with zero attached hydrogens (tertiary/aromatic N) is 2. The van der Waals surface area contributed by atoms with E-state index in [4.69, 9.17) is 0 Å². The van der Waals surface area contributed by atoms with E-state index in [0.29, 0.717) is 10.8 Å². The van der Waals surface area contributed by atoms with Crippen LogP contribution < -0.4 is 10.9 Å². The molecule has 0 saturated heterocycles. The van der Waals surface area contributed by atoms with E-state index in [1.165, 1.54) is 0 Å². The summed E-state index contributed by atoms with van der Waals surface area (Å²) >= 11 is 0.